The molecule has 0 aliphatic heterocycles. The molecule has 1 aromatic carbocycles. The number of benzene rings is 1. The lowest BCUT2D eigenvalue weighted by Crippen LogP contribution is -1.95. The zero-order valence-corrected chi connectivity index (χ0v) is 12.6. The molecule has 3 rings (SSSR count). The van der Waals surface area contributed by atoms with Gasteiger partial charge in [0.15, 0.2) is 5.78 Å². The number of ketones is 1. The van der Waals surface area contributed by atoms with Crippen molar-refractivity contribution < 1.29 is 9.72 Å². The van der Waals surface area contributed by atoms with E-state index in [-0.39, 0.29) is 11.5 Å². The summed E-state index contributed by atoms with van der Waals surface area (Å²) in [6.45, 7) is 0. The molecule has 6 heteroatoms. The van der Waals surface area contributed by atoms with Crippen LogP contribution in [0.2, 0.25) is 0 Å². The molecule has 1 saturated carbocycles. The highest BCUT2D eigenvalue weighted by molar-refractivity contribution is 6.15. The van der Waals surface area contributed by atoms with E-state index >= 15 is 0 Å². The number of non-ortho nitro benzene ring substituents is 1. The summed E-state index contributed by atoms with van der Waals surface area (Å²) in [4.78, 5) is 22.8. The standard InChI is InChI=1S/C17H15N3O3/c1-19-11-13(10-18-19)8-15-6-5-14(17(15)21)7-12-3-2-4-16(9-12)20(22)23/h2-4,7-11H,5-6H2,1H3. The number of carbonyl (C=O) groups excluding carboxylic acids is 1. The summed E-state index contributed by atoms with van der Waals surface area (Å²) in [5.74, 6) is 0.000333. The van der Waals surface area contributed by atoms with Crippen LogP contribution in [0.5, 0.6) is 0 Å². The molecular weight excluding hydrogens is 294 g/mol. The lowest BCUT2D eigenvalue weighted by atomic mass is 10.1. The van der Waals surface area contributed by atoms with Crippen LogP contribution in [0.25, 0.3) is 12.2 Å². The van der Waals surface area contributed by atoms with Gasteiger partial charge in [0.1, 0.15) is 0 Å². The average Bonchev–Trinajstić information content (AvgIpc) is 3.08. The molecule has 1 heterocycles. The number of nitro benzene ring substituents is 1. The van der Waals surface area contributed by atoms with Gasteiger partial charge in [0.2, 0.25) is 0 Å². The van der Waals surface area contributed by atoms with E-state index in [2.05, 4.69) is 5.10 Å². The molecule has 0 atom stereocenters. The van der Waals surface area contributed by atoms with Crippen LogP contribution in [-0.4, -0.2) is 20.5 Å². The molecule has 0 bridgehead atoms. The highest BCUT2D eigenvalue weighted by atomic mass is 16.6. The number of hydrogen-bond acceptors (Lipinski definition) is 4. The van der Waals surface area contributed by atoms with E-state index in [1.165, 1.54) is 12.1 Å². The van der Waals surface area contributed by atoms with Crippen LogP contribution >= 0.6 is 0 Å². The predicted octanol–water partition coefficient (Wildman–Crippen LogP) is 3.16. The normalized spacial score (nSPS) is 18.0. The van der Waals surface area contributed by atoms with Gasteiger partial charge in [0.05, 0.1) is 11.1 Å². The molecule has 0 spiro atoms. The van der Waals surface area contributed by atoms with E-state index in [1.807, 2.05) is 19.3 Å². The summed E-state index contributed by atoms with van der Waals surface area (Å²) < 4.78 is 1.69. The maximum atomic E-state index is 12.4. The highest BCUT2D eigenvalue weighted by Crippen LogP contribution is 2.29. The van der Waals surface area contributed by atoms with Crippen LogP contribution in [0.15, 0.2) is 47.8 Å². The molecule has 23 heavy (non-hydrogen) atoms. The zero-order valence-electron chi connectivity index (χ0n) is 12.6. The summed E-state index contributed by atoms with van der Waals surface area (Å²) in [5, 5.41) is 14.9. The number of aryl methyl sites for hydroxylation is 1. The van der Waals surface area contributed by atoms with Crippen molar-refractivity contribution in [2.75, 3.05) is 0 Å². The SMILES string of the molecule is Cn1cc(C=C2CCC(=Cc3cccc([N+](=O)[O-])c3)C2=O)cn1. The molecule has 0 N–H and O–H groups in total. The molecule has 1 fully saturated rings. The smallest absolute Gasteiger partial charge is 0.270 e. The predicted molar refractivity (Wildman–Crippen MR) is 86.5 cm³/mol. The van der Waals surface area contributed by atoms with Gasteiger partial charge in [-0.1, -0.05) is 12.1 Å². The van der Waals surface area contributed by atoms with Crippen molar-refractivity contribution in [3.8, 4) is 0 Å². The quantitative estimate of drug-likeness (QED) is 0.495. The number of nitro groups is 1. The average molecular weight is 309 g/mol. The van der Waals surface area contributed by atoms with E-state index in [0.29, 0.717) is 24.0 Å². The lowest BCUT2D eigenvalue weighted by molar-refractivity contribution is -0.384. The van der Waals surface area contributed by atoms with Gasteiger partial charge >= 0.3 is 0 Å². The van der Waals surface area contributed by atoms with Crippen molar-refractivity contribution >= 4 is 23.6 Å². The maximum absolute atomic E-state index is 12.4. The number of carbonyl (C=O) groups is 1. The Morgan fingerprint density at radius 1 is 1.22 bits per heavy atom. The van der Waals surface area contributed by atoms with Gasteiger partial charge < -0.3 is 0 Å². The van der Waals surface area contributed by atoms with Crippen molar-refractivity contribution in [2.45, 2.75) is 12.8 Å². The molecule has 6 nitrogen and oxygen atoms in total. The number of aromatic nitrogens is 2. The van der Waals surface area contributed by atoms with E-state index in [0.717, 1.165) is 11.1 Å². The zero-order chi connectivity index (χ0) is 16.4. The van der Waals surface area contributed by atoms with Crippen molar-refractivity contribution in [2.24, 2.45) is 7.05 Å². The first-order valence-corrected chi connectivity index (χ1v) is 7.22. The number of rotatable bonds is 3. The molecule has 0 saturated heterocycles. The second-order valence-corrected chi connectivity index (χ2v) is 5.47. The summed E-state index contributed by atoms with van der Waals surface area (Å²) in [5.41, 5.74) is 3.02. The number of allylic oxidation sites excluding steroid dienone is 2. The first-order chi connectivity index (χ1) is 11.0. The minimum atomic E-state index is -0.438. The van der Waals surface area contributed by atoms with Gasteiger partial charge in [-0.2, -0.15) is 5.10 Å². The van der Waals surface area contributed by atoms with Crippen LogP contribution in [0, 0.1) is 10.1 Å². The molecule has 1 aliphatic rings. The Labute approximate surface area is 132 Å². The summed E-state index contributed by atoms with van der Waals surface area (Å²) in [6.07, 6.45) is 8.47. The van der Waals surface area contributed by atoms with Crippen molar-refractivity contribution in [1.29, 1.82) is 0 Å². The highest BCUT2D eigenvalue weighted by Gasteiger charge is 2.23. The first kappa shape index (κ1) is 14.9. The molecule has 2 aromatic rings. The van der Waals surface area contributed by atoms with E-state index in [4.69, 9.17) is 0 Å². The fourth-order valence-electron chi connectivity index (χ4n) is 2.62. The van der Waals surface area contributed by atoms with Crippen LogP contribution in [-0.2, 0) is 11.8 Å². The largest absolute Gasteiger partial charge is 0.289 e. The fraction of sp³-hybridized carbons (Fsp3) is 0.176. The van der Waals surface area contributed by atoms with Crippen LogP contribution in [0.4, 0.5) is 5.69 Å². The van der Waals surface area contributed by atoms with E-state index < -0.39 is 4.92 Å². The van der Waals surface area contributed by atoms with Gasteiger partial charge in [-0.15, -0.1) is 0 Å². The number of Topliss-reactive ketones (excluding diaryl/α,β-unsaturated/α-hetero) is 1. The summed E-state index contributed by atoms with van der Waals surface area (Å²) >= 11 is 0. The van der Waals surface area contributed by atoms with Crippen LogP contribution in [0.1, 0.15) is 24.0 Å². The minimum Gasteiger partial charge on any atom is -0.289 e. The van der Waals surface area contributed by atoms with Crippen molar-refractivity contribution in [3.63, 3.8) is 0 Å². The third-order valence-electron chi connectivity index (χ3n) is 3.73. The van der Waals surface area contributed by atoms with Crippen LogP contribution < -0.4 is 0 Å². The Balaban J connectivity index is 1.85. The summed E-state index contributed by atoms with van der Waals surface area (Å²) in [7, 11) is 1.83. The molecule has 0 amide bonds. The van der Waals surface area contributed by atoms with Gasteiger partial charge in [-0.05, 0) is 30.6 Å². The minimum absolute atomic E-state index is 0.000333. The Bertz CT molecular complexity index is 846. The second kappa shape index (κ2) is 6.00. The molecule has 1 aromatic heterocycles. The molecule has 0 unspecified atom stereocenters. The Morgan fingerprint density at radius 3 is 2.52 bits per heavy atom. The van der Waals surface area contributed by atoms with E-state index in [9.17, 15) is 14.9 Å². The summed E-state index contributed by atoms with van der Waals surface area (Å²) in [6, 6.07) is 6.29. The maximum Gasteiger partial charge on any atom is 0.270 e. The Hall–Kier alpha value is -3.02. The van der Waals surface area contributed by atoms with E-state index in [1.54, 1.807) is 29.1 Å². The molecule has 116 valence electrons. The molecular formula is C17H15N3O3. The Morgan fingerprint density at radius 2 is 1.91 bits per heavy atom. The Kier molecular flexibility index (Phi) is 3.89. The van der Waals surface area contributed by atoms with Gasteiger partial charge in [-0.25, -0.2) is 0 Å². The molecule has 0 radical (unpaired) electrons. The number of hydrogen-bond donors (Lipinski definition) is 0. The van der Waals surface area contributed by atoms with Gasteiger partial charge in [0, 0.05) is 42.1 Å². The fourth-order valence-corrected chi connectivity index (χ4v) is 2.62. The lowest BCUT2D eigenvalue weighted by Gasteiger charge is -1.97. The van der Waals surface area contributed by atoms with Gasteiger partial charge in [0.25, 0.3) is 5.69 Å². The third kappa shape index (κ3) is 3.26. The second-order valence-electron chi connectivity index (χ2n) is 5.47. The molecule has 1 aliphatic carbocycles. The third-order valence-corrected chi connectivity index (χ3v) is 3.73. The topological polar surface area (TPSA) is 78.0 Å². The monoisotopic (exact) mass is 309 g/mol. The van der Waals surface area contributed by atoms with Crippen LogP contribution in [0.3, 0.4) is 0 Å². The number of nitrogens with zero attached hydrogens (tertiary/aromatic N) is 3. The first-order valence-electron chi connectivity index (χ1n) is 7.22. The van der Waals surface area contributed by atoms with Crippen molar-refractivity contribution in [1.82, 2.24) is 9.78 Å². The van der Waals surface area contributed by atoms with Gasteiger partial charge in [-0.3, -0.25) is 19.6 Å². The van der Waals surface area contributed by atoms with Crippen molar-refractivity contribution in [3.05, 3.63) is 69.0 Å².